The number of esters is 1. The molecule has 0 radical (unpaired) electrons. The summed E-state index contributed by atoms with van der Waals surface area (Å²) in [5.74, 6) is -2.40. The Morgan fingerprint density at radius 3 is 2.52 bits per heavy atom. The highest BCUT2D eigenvalue weighted by molar-refractivity contribution is 7.90. The summed E-state index contributed by atoms with van der Waals surface area (Å²) in [7, 11) is -4.94. The van der Waals surface area contributed by atoms with Crippen molar-refractivity contribution in [2.75, 3.05) is 6.61 Å². The Hall–Kier alpha value is -2.39. The SMILES string of the molecule is CCCOC(=O)c1cccc(OC(F)(F)F)c1S(=O)(=O)N=C=O. The quantitative estimate of drug-likeness (QED) is 0.441. The Labute approximate surface area is 128 Å². The molecule has 0 spiro atoms. The fourth-order valence-corrected chi connectivity index (χ4v) is 2.50. The monoisotopic (exact) mass is 353 g/mol. The van der Waals surface area contributed by atoms with Crippen LogP contribution >= 0.6 is 0 Å². The molecule has 0 fully saturated rings. The van der Waals surface area contributed by atoms with Gasteiger partial charge in [0, 0.05) is 0 Å². The number of alkyl halides is 3. The average Bonchev–Trinajstić information content (AvgIpc) is 2.42. The van der Waals surface area contributed by atoms with Crippen molar-refractivity contribution in [1.29, 1.82) is 0 Å². The average molecular weight is 353 g/mol. The Kier molecular flexibility index (Phi) is 5.88. The van der Waals surface area contributed by atoms with Crippen LogP contribution in [0.3, 0.4) is 0 Å². The summed E-state index contributed by atoms with van der Waals surface area (Å²) in [5.41, 5.74) is -0.737. The summed E-state index contributed by atoms with van der Waals surface area (Å²) in [6.45, 7) is 1.57. The smallest absolute Gasteiger partial charge is 0.462 e. The third kappa shape index (κ3) is 5.08. The topological polar surface area (TPSA) is 99.1 Å². The summed E-state index contributed by atoms with van der Waals surface area (Å²) in [6, 6.07) is 2.54. The Morgan fingerprint density at radius 2 is 2.00 bits per heavy atom. The molecule has 1 aromatic rings. The number of carbonyl (C=O) groups is 1. The first-order valence-electron chi connectivity index (χ1n) is 6.02. The zero-order chi connectivity index (χ0) is 17.7. The van der Waals surface area contributed by atoms with Crippen molar-refractivity contribution in [3.8, 4) is 5.75 Å². The molecule has 0 saturated carbocycles. The number of sulfonamides is 1. The molecular weight excluding hydrogens is 343 g/mol. The first-order valence-corrected chi connectivity index (χ1v) is 7.46. The molecule has 0 bridgehead atoms. The molecule has 0 atom stereocenters. The van der Waals surface area contributed by atoms with E-state index in [2.05, 4.69) is 9.13 Å². The van der Waals surface area contributed by atoms with Crippen LogP contribution in [0.5, 0.6) is 5.75 Å². The molecule has 0 saturated heterocycles. The first-order chi connectivity index (χ1) is 10.6. The van der Waals surface area contributed by atoms with Gasteiger partial charge in [-0.1, -0.05) is 17.4 Å². The van der Waals surface area contributed by atoms with E-state index >= 15 is 0 Å². The lowest BCUT2D eigenvalue weighted by Gasteiger charge is -2.14. The molecule has 1 aromatic carbocycles. The fourth-order valence-electron chi connectivity index (χ4n) is 1.51. The number of carbonyl (C=O) groups excluding carboxylic acids is 2. The summed E-state index contributed by atoms with van der Waals surface area (Å²) in [5, 5.41) is 0. The lowest BCUT2D eigenvalue weighted by Crippen LogP contribution is -2.20. The normalized spacial score (nSPS) is 11.5. The molecule has 11 heteroatoms. The van der Waals surface area contributed by atoms with Crippen molar-refractivity contribution in [2.24, 2.45) is 4.40 Å². The maximum Gasteiger partial charge on any atom is 0.573 e. The van der Waals surface area contributed by atoms with Gasteiger partial charge in [-0.05, 0) is 18.6 Å². The van der Waals surface area contributed by atoms with E-state index < -0.39 is 38.6 Å². The van der Waals surface area contributed by atoms with Crippen molar-refractivity contribution in [3.05, 3.63) is 23.8 Å². The fraction of sp³-hybridized carbons (Fsp3) is 0.333. The highest BCUT2D eigenvalue weighted by Gasteiger charge is 2.36. The van der Waals surface area contributed by atoms with Gasteiger partial charge in [-0.3, -0.25) is 0 Å². The molecule has 0 aliphatic carbocycles. The second-order valence-corrected chi connectivity index (χ2v) is 5.52. The summed E-state index contributed by atoms with van der Waals surface area (Å²) in [4.78, 5) is 20.8. The zero-order valence-electron chi connectivity index (χ0n) is 11.6. The number of nitrogens with zero attached hydrogens (tertiary/aromatic N) is 1. The number of hydrogen-bond donors (Lipinski definition) is 0. The van der Waals surface area contributed by atoms with Crippen LogP contribution in [0.4, 0.5) is 13.2 Å². The number of rotatable bonds is 6. The van der Waals surface area contributed by atoms with Gasteiger partial charge in [0.25, 0.3) is 16.1 Å². The molecule has 7 nitrogen and oxygen atoms in total. The maximum absolute atomic E-state index is 12.4. The van der Waals surface area contributed by atoms with E-state index in [-0.39, 0.29) is 6.61 Å². The van der Waals surface area contributed by atoms with Gasteiger partial charge in [0.2, 0.25) is 0 Å². The lowest BCUT2D eigenvalue weighted by atomic mass is 10.2. The molecular formula is C12H10F3NO6S. The molecule has 0 aliphatic heterocycles. The van der Waals surface area contributed by atoms with Crippen LogP contribution in [0.2, 0.25) is 0 Å². The van der Waals surface area contributed by atoms with E-state index in [9.17, 15) is 31.2 Å². The van der Waals surface area contributed by atoms with Crippen molar-refractivity contribution in [2.45, 2.75) is 24.6 Å². The molecule has 0 amide bonds. The lowest BCUT2D eigenvalue weighted by molar-refractivity contribution is -0.275. The summed E-state index contributed by atoms with van der Waals surface area (Å²) in [6.07, 6.45) is -4.12. The number of isocyanates is 1. The Morgan fingerprint density at radius 1 is 1.35 bits per heavy atom. The number of ether oxygens (including phenoxy) is 2. The standard InChI is InChI=1S/C12H10F3NO6S/c1-2-6-21-11(18)8-4-3-5-9(22-12(13,14)15)10(8)23(19,20)16-7-17/h3-5H,2,6H2,1H3. The van der Waals surface area contributed by atoms with Gasteiger partial charge >= 0.3 is 12.3 Å². The number of benzene rings is 1. The maximum atomic E-state index is 12.4. The van der Waals surface area contributed by atoms with Crippen LogP contribution in [0.15, 0.2) is 27.5 Å². The molecule has 126 valence electrons. The van der Waals surface area contributed by atoms with Crippen LogP contribution < -0.4 is 4.74 Å². The highest BCUT2D eigenvalue weighted by atomic mass is 32.2. The first kappa shape index (κ1) is 18.7. The second-order valence-electron chi connectivity index (χ2n) is 3.97. The molecule has 0 aliphatic rings. The van der Waals surface area contributed by atoms with Gasteiger partial charge in [-0.25, -0.2) is 9.59 Å². The van der Waals surface area contributed by atoms with Crippen LogP contribution in [-0.4, -0.2) is 33.4 Å². The minimum Gasteiger partial charge on any atom is -0.462 e. The van der Waals surface area contributed by atoms with Gasteiger partial charge in [-0.15, -0.1) is 13.2 Å². The van der Waals surface area contributed by atoms with Crippen LogP contribution in [0.1, 0.15) is 23.7 Å². The third-order valence-corrected chi connectivity index (χ3v) is 3.53. The predicted molar refractivity (Wildman–Crippen MR) is 69.0 cm³/mol. The van der Waals surface area contributed by atoms with Gasteiger partial charge in [-0.2, -0.15) is 8.42 Å². The summed E-state index contributed by atoms with van der Waals surface area (Å²) < 4.78 is 71.6. The second kappa shape index (κ2) is 7.25. The molecule has 0 N–H and O–H groups in total. The molecule has 0 aromatic heterocycles. The Bertz CT molecular complexity index is 738. The van der Waals surface area contributed by atoms with Crippen molar-refractivity contribution in [3.63, 3.8) is 0 Å². The molecule has 0 heterocycles. The van der Waals surface area contributed by atoms with E-state index in [1.807, 2.05) is 0 Å². The largest absolute Gasteiger partial charge is 0.573 e. The predicted octanol–water partition coefficient (Wildman–Crippen LogP) is 2.18. The highest BCUT2D eigenvalue weighted by Crippen LogP contribution is 2.33. The van der Waals surface area contributed by atoms with Crippen LogP contribution in [0.25, 0.3) is 0 Å². The van der Waals surface area contributed by atoms with Crippen LogP contribution in [-0.2, 0) is 19.6 Å². The van der Waals surface area contributed by atoms with E-state index in [1.165, 1.54) is 0 Å². The number of halogens is 3. The molecule has 1 rings (SSSR count). The minimum atomic E-state index is -5.22. The minimum absolute atomic E-state index is 0.0837. The van der Waals surface area contributed by atoms with Crippen LogP contribution in [0, 0.1) is 0 Å². The van der Waals surface area contributed by atoms with Gasteiger partial charge < -0.3 is 9.47 Å². The van der Waals surface area contributed by atoms with Gasteiger partial charge in [0.05, 0.1) is 12.2 Å². The van der Waals surface area contributed by atoms with Crippen molar-refractivity contribution >= 4 is 22.1 Å². The Balaban J connectivity index is 3.55. The third-order valence-electron chi connectivity index (χ3n) is 2.28. The van der Waals surface area contributed by atoms with Gasteiger partial charge in [0.1, 0.15) is 4.90 Å². The molecule has 23 heavy (non-hydrogen) atoms. The summed E-state index contributed by atoms with van der Waals surface area (Å²) >= 11 is 0. The zero-order valence-corrected chi connectivity index (χ0v) is 12.4. The molecule has 0 unspecified atom stereocenters. The van der Waals surface area contributed by atoms with Gasteiger partial charge in [0.15, 0.2) is 5.75 Å². The van der Waals surface area contributed by atoms with Crippen molar-refractivity contribution < 1.29 is 40.7 Å². The number of hydrogen-bond acceptors (Lipinski definition) is 6. The van der Waals surface area contributed by atoms with Crippen molar-refractivity contribution in [1.82, 2.24) is 0 Å². The van der Waals surface area contributed by atoms with E-state index in [0.717, 1.165) is 12.1 Å². The van der Waals surface area contributed by atoms with E-state index in [0.29, 0.717) is 18.6 Å². The van der Waals surface area contributed by atoms with E-state index in [1.54, 1.807) is 6.92 Å². The van der Waals surface area contributed by atoms with E-state index in [4.69, 9.17) is 4.74 Å².